The molecule has 1 aliphatic rings. The van der Waals surface area contributed by atoms with Crippen LogP contribution in [0.2, 0.25) is 0 Å². The lowest BCUT2D eigenvalue weighted by atomic mass is 9.96. The lowest BCUT2D eigenvalue weighted by Gasteiger charge is -2.26. The van der Waals surface area contributed by atoms with Crippen molar-refractivity contribution in [2.45, 2.75) is 33.6 Å². The van der Waals surface area contributed by atoms with E-state index >= 15 is 0 Å². The Labute approximate surface area is 256 Å². The molecule has 44 heavy (non-hydrogen) atoms. The molecule has 0 atom stereocenters. The molecule has 10 nitrogen and oxygen atoms in total. The number of rotatable bonds is 10. The Morgan fingerprint density at radius 1 is 1.05 bits per heavy atom. The fraction of sp³-hybridized carbons (Fsp3) is 0.353. The monoisotopic (exact) mass is 598 g/mol. The zero-order valence-electron chi connectivity index (χ0n) is 25.8. The number of benzene rings is 3. The van der Waals surface area contributed by atoms with Gasteiger partial charge in [0.25, 0.3) is 11.5 Å². The molecule has 3 aromatic carbocycles. The molecule has 10 heteroatoms. The first kappa shape index (κ1) is 30.7. The molecule has 1 saturated heterocycles. The fourth-order valence-corrected chi connectivity index (χ4v) is 5.13. The van der Waals surface area contributed by atoms with Crippen molar-refractivity contribution in [3.8, 4) is 28.6 Å². The maximum absolute atomic E-state index is 13.8. The van der Waals surface area contributed by atoms with E-state index in [0.717, 1.165) is 22.4 Å². The van der Waals surface area contributed by atoms with Crippen LogP contribution in [0.5, 0.6) is 17.2 Å². The molecule has 5 rings (SSSR count). The van der Waals surface area contributed by atoms with E-state index < -0.39 is 0 Å². The molecule has 1 aromatic heterocycles. The quantitative estimate of drug-likeness (QED) is 0.236. The zero-order chi connectivity index (χ0) is 31.2. The highest BCUT2D eigenvalue weighted by atomic mass is 16.5. The number of aryl methyl sites for hydroxylation is 1. The summed E-state index contributed by atoms with van der Waals surface area (Å²) in [5, 5.41) is 5.10. The van der Waals surface area contributed by atoms with Crippen LogP contribution in [-0.2, 0) is 9.53 Å². The van der Waals surface area contributed by atoms with Crippen LogP contribution < -0.4 is 19.8 Å². The van der Waals surface area contributed by atoms with Crippen molar-refractivity contribution in [2.24, 2.45) is 5.10 Å². The van der Waals surface area contributed by atoms with E-state index in [0.29, 0.717) is 66.7 Å². The molecule has 1 aliphatic heterocycles. The van der Waals surface area contributed by atoms with Gasteiger partial charge >= 0.3 is 0 Å². The fourth-order valence-electron chi connectivity index (χ4n) is 5.13. The lowest BCUT2D eigenvalue weighted by Crippen LogP contribution is -2.43. The van der Waals surface area contributed by atoms with Crippen molar-refractivity contribution in [1.82, 2.24) is 14.6 Å². The van der Waals surface area contributed by atoms with E-state index in [2.05, 4.69) is 18.9 Å². The first-order chi connectivity index (χ1) is 21.3. The summed E-state index contributed by atoms with van der Waals surface area (Å²) >= 11 is 0. The minimum Gasteiger partial charge on any atom is -0.494 e. The molecular formula is C34H38N4O6. The highest BCUT2D eigenvalue weighted by Crippen LogP contribution is 2.34. The Kier molecular flexibility index (Phi) is 9.59. The second-order valence-electron chi connectivity index (χ2n) is 10.8. The average Bonchev–Trinajstić information content (AvgIpc) is 3.04. The Morgan fingerprint density at radius 2 is 1.82 bits per heavy atom. The standard InChI is InChI=1S/C34H38N4O6/c1-6-43-30-17-23(4)27(19-26(30)22(2)3)33-36-28-10-8-7-9-25(28)34(40)38(33)35-20-24-11-12-29(31(18-24)41-5)44-21-32(39)37-13-15-42-16-14-37/h7-12,17-20,22H,6,13-16,21H2,1-5H3. The normalized spacial score (nSPS) is 13.5. The third kappa shape index (κ3) is 6.60. The smallest absolute Gasteiger partial charge is 0.282 e. The second-order valence-corrected chi connectivity index (χ2v) is 10.8. The van der Waals surface area contributed by atoms with Gasteiger partial charge in [-0.1, -0.05) is 26.0 Å². The van der Waals surface area contributed by atoms with Crippen molar-refractivity contribution >= 4 is 23.0 Å². The number of nitrogens with zero attached hydrogens (tertiary/aromatic N) is 4. The number of aromatic nitrogens is 2. The summed E-state index contributed by atoms with van der Waals surface area (Å²) in [5.41, 5.74) is 3.72. The van der Waals surface area contributed by atoms with Crippen molar-refractivity contribution in [2.75, 3.05) is 46.6 Å². The number of hydrogen-bond acceptors (Lipinski definition) is 8. The van der Waals surface area contributed by atoms with Gasteiger partial charge in [0.05, 0.1) is 44.0 Å². The number of ether oxygens (including phenoxy) is 4. The maximum atomic E-state index is 13.8. The van der Waals surface area contributed by atoms with Crippen LogP contribution in [0.1, 0.15) is 43.4 Å². The molecule has 4 aromatic rings. The van der Waals surface area contributed by atoms with Crippen LogP contribution in [0.4, 0.5) is 0 Å². The summed E-state index contributed by atoms with van der Waals surface area (Å²) < 4.78 is 23.9. The Balaban J connectivity index is 1.51. The van der Waals surface area contributed by atoms with Gasteiger partial charge in [-0.15, -0.1) is 0 Å². The predicted octanol–water partition coefficient (Wildman–Crippen LogP) is 5.02. The van der Waals surface area contributed by atoms with Gasteiger partial charge < -0.3 is 23.8 Å². The van der Waals surface area contributed by atoms with E-state index in [9.17, 15) is 9.59 Å². The van der Waals surface area contributed by atoms with Gasteiger partial charge in [-0.05, 0) is 78.9 Å². The average molecular weight is 599 g/mol. The molecule has 0 bridgehead atoms. The van der Waals surface area contributed by atoms with Gasteiger partial charge in [-0.2, -0.15) is 9.78 Å². The lowest BCUT2D eigenvalue weighted by molar-refractivity contribution is -0.137. The van der Waals surface area contributed by atoms with E-state index in [4.69, 9.17) is 23.9 Å². The van der Waals surface area contributed by atoms with Gasteiger partial charge in [0.15, 0.2) is 23.9 Å². The molecular weight excluding hydrogens is 560 g/mol. The summed E-state index contributed by atoms with van der Waals surface area (Å²) in [6, 6.07) is 16.5. The summed E-state index contributed by atoms with van der Waals surface area (Å²) in [6.45, 7) is 10.8. The van der Waals surface area contributed by atoms with Gasteiger partial charge in [-0.25, -0.2) is 4.98 Å². The highest BCUT2D eigenvalue weighted by molar-refractivity contribution is 5.83. The molecule has 1 fully saturated rings. The molecule has 0 radical (unpaired) electrons. The van der Waals surface area contributed by atoms with Gasteiger partial charge in [0.1, 0.15) is 5.75 Å². The SMILES string of the molecule is CCOc1cc(C)c(-c2nc3ccccc3c(=O)n2N=Cc2ccc(OCC(=O)N3CCOCC3)c(OC)c2)cc1C(C)C. The molecule has 0 N–H and O–H groups in total. The molecule has 1 amide bonds. The summed E-state index contributed by atoms with van der Waals surface area (Å²) in [7, 11) is 1.53. The first-order valence-corrected chi connectivity index (χ1v) is 14.8. The third-order valence-corrected chi connectivity index (χ3v) is 7.50. The molecule has 0 unspecified atom stereocenters. The number of hydrogen-bond donors (Lipinski definition) is 0. The van der Waals surface area contributed by atoms with Gasteiger partial charge in [-0.3, -0.25) is 9.59 Å². The number of methoxy groups -OCH3 is 1. The van der Waals surface area contributed by atoms with E-state index in [1.807, 2.05) is 44.2 Å². The molecule has 2 heterocycles. The van der Waals surface area contributed by atoms with E-state index in [1.54, 1.807) is 35.4 Å². The summed E-state index contributed by atoms with van der Waals surface area (Å²) in [5.74, 6) is 2.21. The number of carbonyl (C=O) groups excluding carboxylic acids is 1. The minimum atomic E-state index is -0.283. The Hall–Kier alpha value is -4.70. The third-order valence-electron chi connectivity index (χ3n) is 7.50. The molecule has 0 spiro atoms. The number of morpholine rings is 1. The van der Waals surface area contributed by atoms with Crippen molar-refractivity contribution in [3.63, 3.8) is 0 Å². The van der Waals surface area contributed by atoms with Crippen molar-refractivity contribution < 1.29 is 23.7 Å². The first-order valence-electron chi connectivity index (χ1n) is 14.8. The molecule has 0 aliphatic carbocycles. The number of para-hydroxylation sites is 1. The second kappa shape index (κ2) is 13.7. The van der Waals surface area contributed by atoms with Crippen LogP contribution in [0.3, 0.4) is 0 Å². The molecule has 0 saturated carbocycles. The van der Waals surface area contributed by atoms with Crippen LogP contribution in [0, 0.1) is 6.92 Å². The zero-order valence-corrected chi connectivity index (χ0v) is 25.8. The van der Waals surface area contributed by atoms with Crippen molar-refractivity contribution in [3.05, 3.63) is 81.6 Å². The minimum absolute atomic E-state index is 0.106. The van der Waals surface area contributed by atoms with Crippen LogP contribution in [-0.4, -0.2) is 73.3 Å². The number of carbonyl (C=O) groups is 1. The predicted molar refractivity (Wildman–Crippen MR) is 170 cm³/mol. The summed E-state index contributed by atoms with van der Waals surface area (Å²) in [6.07, 6.45) is 1.58. The Morgan fingerprint density at radius 3 is 2.55 bits per heavy atom. The van der Waals surface area contributed by atoms with Crippen molar-refractivity contribution in [1.29, 1.82) is 0 Å². The largest absolute Gasteiger partial charge is 0.494 e. The van der Waals surface area contributed by atoms with E-state index in [-0.39, 0.29) is 24.0 Å². The topological polar surface area (TPSA) is 104 Å². The maximum Gasteiger partial charge on any atom is 0.282 e. The van der Waals surface area contributed by atoms with Gasteiger partial charge in [0.2, 0.25) is 0 Å². The number of amides is 1. The number of fused-ring (bicyclic) bond motifs is 1. The van der Waals surface area contributed by atoms with Gasteiger partial charge in [0, 0.05) is 18.7 Å². The highest BCUT2D eigenvalue weighted by Gasteiger charge is 2.20. The van der Waals surface area contributed by atoms with Crippen LogP contribution >= 0.6 is 0 Å². The van der Waals surface area contributed by atoms with Crippen LogP contribution in [0.15, 0.2) is 64.5 Å². The van der Waals surface area contributed by atoms with E-state index in [1.165, 1.54) is 11.8 Å². The van der Waals surface area contributed by atoms with Crippen LogP contribution in [0.25, 0.3) is 22.3 Å². The molecule has 230 valence electrons. The Bertz CT molecular complexity index is 1740. The summed E-state index contributed by atoms with van der Waals surface area (Å²) in [4.78, 5) is 33.0.